The summed E-state index contributed by atoms with van der Waals surface area (Å²) in [5.41, 5.74) is 2.90. The van der Waals surface area contributed by atoms with Crippen molar-refractivity contribution in [3.8, 4) is 0 Å². The Morgan fingerprint density at radius 2 is 1.66 bits per heavy atom. The lowest BCUT2D eigenvalue weighted by Crippen LogP contribution is -2.26. The SMILES string of the molecule is CCCCCCCCCCCn1c(CCNC(=O)c2cccc(Br)c2)nc2ccccc21. The van der Waals surface area contributed by atoms with Crippen LogP contribution in [0.5, 0.6) is 0 Å². The number of rotatable bonds is 14. The van der Waals surface area contributed by atoms with E-state index in [9.17, 15) is 4.79 Å². The molecule has 2 aromatic carbocycles. The third kappa shape index (κ3) is 7.47. The fourth-order valence-electron chi connectivity index (χ4n) is 4.17. The highest BCUT2D eigenvalue weighted by Crippen LogP contribution is 2.18. The van der Waals surface area contributed by atoms with Crippen molar-refractivity contribution in [2.24, 2.45) is 0 Å². The van der Waals surface area contributed by atoms with Gasteiger partial charge < -0.3 is 9.88 Å². The number of carbonyl (C=O) groups is 1. The van der Waals surface area contributed by atoms with E-state index in [1.165, 1.54) is 63.3 Å². The highest BCUT2D eigenvalue weighted by Gasteiger charge is 2.11. The second-order valence-corrected chi connectivity index (χ2v) is 9.43. The first-order valence-corrected chi connectivity index (χ1v) is 13.0. The van der Waals surface area contributed by atoms with Gasteiger partial charge in [-0.15, -0.1) is 0 Å². The van der Waals surface area contributed by atoms with Gasteiger partial charge >= 0.3 is 0 Å². The predicted molar refractivity (Wildman–Crippen MR) is 137 cm³/mol. The van der Waals surface area contributed by atoms with Crippen LogP contribution in [0.1, 0.15) is 80.9 Å². The number of para-hydroxylation sites is 2. The molecule has 3 rings (SSSR count). The second-order valence-electron chi connectivity index (χ2n) is 8.51. The molecule has 0 aliphatic heterocycles. The van der Waals surface area contributed by atoms with Crippen LogP contribution in [-0.4, -0.2) is 22.0 Å². The summed E-state index contributed by atoms with van der Waals surface area (Å²) >= 11 is 3.42. The van der Waals surface area contributed by atoms with Crippen molar-refractivity contribution in [2.75, 3.05) is 6.54 Å². The highest BCUT2D eigenvalue weighted by atomic mass is 79.9. The molecule has 5 heteroatoms. The number of amides is 1. The molecule has 0 aliphatic carbocycles. The third-order valence-corrected chi connectivity index (χ3v) is 6.43. The summed E-state index contributed by atoms with van der Waals surface area (Å²) in [6, 6.07) is 15.8. The van der Waals surface area contributed by atoms with Gasteiger partial charge in [-0.1, -0.05) is 92.4 Å². The minimum absolute atomic E-state index is 0.0482. The van der Waals surface area contributed by atoms with Crippen molar-refractivity contribution in [3.05, 3.63) is 64.4 Å². The van der Waals surface area contributed by atoms with E-state index in [1.54, 1.807) is 0 Å². The van der Waals surface area contributed by atoms with E-state index in [4.69, 9.17) is 4.98 Å². The lowest BCUT2D eigenvalue weighted by Gasteiger charge is -2.10. The Labute approximate surface area is 200 Å². The fourth-order valence-corrected chi connectivity index (χ4v) is 4.57. The van der Waals surface area contributed by atoms with Crippen LogP contribution in [0.15, 0.2) is 53.0 Å². The Bertz CT molecular complexity index is 982. The topological polar surface area (TPSA) is 46.9 Å². The van der Waals surface area contributed by atoms with Crippen LogP contribution in [0.3, 0.4) is 0 Å². The van der Waals surface area contributed by atoms with E-state index >= 15 is 0 Å². The van der Waals surface area contributed by atoms with Crippen LogP contribution in [0.25, 0.3) is 11.0 Å². The van der Waals surface area contributed by atoms with E-state index < -0.39 is 0 Å². The molecule has 0 unspecified atom stereocenters. The monoisotopic (exact) mass is 497 g/mol. The molecule has 0 bridgehead atoms. The number of aryl methyl sites for hydroxylation is 1. The average Bonchev–Trinajstić information content (AvgIpc) is 3.15. The number of nitrogens with one attached hydrogen (secondary N) is 1. The molecular weight excluding hydrogens is 462 g/mol. The van der Waals surface area contributed by atoms with E-state index in [0.29, 0.717) is 12.1 Å². The van der Waals surface area contributed by atoms with E-state index in [1.807, 2.05) is 30.3 Å². The van der Waals surface area contributed by atoms with Crippen molar-refractivity contribution in [1.82, 2.24) is 14.9 Å². The maximum atomic E-state index is 12.4. The first kappa shape index (κ1) is 24.5. The van der Waals surface area contributed by atoms with Gasteiger partial charge in [-0.05, 0) is 36.8 Å². The van der Waals surface area contributed by atoms with E-state index in [-0.39, 0.29) is 5.91 Å². The zero-order valence-electron chi connectivity index (χ0n) is 19.3. The molecule has 3 aromatic rings. The number of halogens is 1. The van der Waals surface area contributed by atoms with Crippen LogP contribution in [-0.2, 0) is 13.0 Å². The predicted octanol–water partition coefficient (Wildman–Crippen LogP) is 7.30. The largest absolute Gasteiger partial charge is 0.352 e. The van der Waals surface area contributed by atoms with Gasteiger partial charge in [-0.3, -0.25) is 4.79 Å². The zero-order chi connectivity index (χ0) is 22.6. The van der Waals surface area contributed by atoms with Crippen molar-refractivity contribution in [3.63, 3.8) is 0 Å². The molecular formula is C27H36BrN3O. The van der Waals surface area contributed by atoms with Crippen molar-refractivity contribution in [1.29, 1.82) is 0 Å². The zero-order valence-corrected chi connectivity index (χ0v) is 20.9. The summed E-state index contributed by atoms with van der Waals surface area (Å²) in [5, 5.41) is 3.04. The molecule has 0 spiro atoms. The van der Waals surface area contributed by atoms with E-state index in [0.717, 1.165) is 28.8 Å². The number of unbranched alkanes of at least 4 members (excludes halogenated alkanes) is 8. The van der Waals surface area contributed by atoms with Gasteiger partial charge in [0.1, 0.15) is 5.82 Å². The van der Waals surface area contributed by atoms with Crippen LogP contribution in [0, 0.1) is 0 Å². The Hall–Kier alpha value is -2.14. The van der Waals surface area contributed by atoms with Crippen molar-refractivity contribution < 1.29 is 4.79 Å². The first-order chi connectivity index (χ1) is 15.7. The second kappa shape index (κ2) is 13.4. The molecule has 0 fully saturated rings. The Kier molecular flexibility index (Phi) is 10.3. The molecule has 0 aliphatic rings. The number of carbonyl (C=O) groups excluding carboxylic acids is 1. The summed E-state index contributed by atoms with van der Waals surface area (Å²) in [5.74, 6) is 1.01. The summed E-state index contributed by atoms with van der Waals surface area (Å²) < 4.78 is 3.26. The van der Waals surface area contributed by atoms with Crippen LogP contribution < -0.4 is 5.32 Å². The summed E-state index contributed by atoms with van der Waals surface area (Å²) in [6.07, 6.45) is 12.7. The number of hydrogen-bond donors (Lipinski definition) is 1. The molecule has 4 nitrogen and oxygen atoms in total. The summed E-state index contributed by atoms with van der Waals surface area (Å²) in [7, 11) is 0. The fraction of sp³-hybridized carbons (Fsp3) is 0.481. The maximum Gasteiger partial charge on any atom is 0.251 e. The molecule has 0 saturated heterocycles. The number of nitrogens with zero attached hydrogens (tertiary/aromatic N) is 2. The first-order valence-electron chi connectivity index (χ1n) is 12.2. The Balaban J connectivity index is 1.49. The lowest BCUT2D eigenvalue weighted by molar-refractivity contribution is 0.0954. The van der Waals surface area contributed by atoms with Gasteiger partial charge in [-0.25, -0.2) is 4.98 Å². The average molecular weight is 499 g/mol. The molecule has 0 saturated carbocycles. The molecule has 1 aromatic heterocycles. The van der Waals surface area contributed by atoms with Gasteiger partial charge in [0.15, 0.2) is 0 Å². The van der Waals surface area contributed by atoms with E-state index in [2.05, 4.69) is 50.9 Å². The number of hydrogen-bond acceptors (Lipinski definition) is 2. The molecule has 32 heavy (non-hydrogen) atoms. The number of aromatic nitrogens is 2. The van der Waals surface area contributed by atoms with Crippen LogP contribution in [0.4, 0.5) is 0 Å². The van der Waals surface area contributed by atoms with Gasteiger partial charge in [0.05, 0.1) is 11.0 Å². The number of fused-ring (bicyclic) bond motifs is 1. The normalized spacial score (nSPS) is 11.2. The minimum atomic E-state index is -0.0482. The highest BCUT2D eigenvalue weighted by molar-refractivity contribution is 9.10. The number of benzene rings is 2. The third-order valence-electron chi connectivity index (χ3n) is 5.94. The van der Waals surface area contributed by atoms with Crippen LogP contribution in [0.2, 0.25) is 0 Å². The van der Waals surface area contributed by atoms with Gasteiger partial charge in [-0.2, -0.15) is 0 Å². The lowest BCUT2D eigenvalue weighted by atomic mass is 10.1. The van der Waals surface area contributed by atoms with Crippen LogP contribution >= 0.6 is 15.9 Å². The standard InChI is InChI=1S/C27H36BrN3O/c1-2-3-4-5-6-7-8-9-12-20-31-25-17-11-10-16-24(25)30-26(31)18-19-29-27(32)22-14-13-15-23(28)21-22/h10-11,13-17,21H,2-9,12,18-20H2,1H3,(H,29,32). The van der Waals surface area contributed by atoms with Crippen molar-refractivity contribution >= 4 is 32.9 Å². The molecule has 0 radical (unpaired) electrons. The van der Waals surface area contributed by atoms with Gasteiger partial charge in [0.25, 0.3) is 5.91 Å². The maximum absolute atomic E-state index is 12.4. The molecule has 1 heterocycles. The minimum Gasteiger partial charge on any atom is -0.352 e. The van der Waals surface area contributed by atoms with Gasteiger partial charge in [0, 0.05) is 29.5 Å². The number of imidazole rings is 1. The quantitative estimate of drug-likeness (QED) is 0.237. The molecule has 0 atom stereocenters. The molecule has 172 valence electrons. The van der Waals surface area contributed by atoms with Gasteiger partial charge in [0.2, 0.25) is 0 Å². The molecule has 1 N–H and O–H groups in total. The summed E-state index contributed by atoms with van der Waals surface area (Å²) in [4.78, 5) is 17.3. The smallest absolute Gasteiger partial charge is 0.251 e. The summed E-state index contributed by atoms with van der Waals surface area (Å²) in [6.45, 7) is 3.84. The Morgan fingerprint density at radius 3 is 2.41 bits per heavy atom. The van der Waals surface area contributed by atoms with Crippen molar-refractivity contribution in [2.45, 2.75) is 77.7 Å². The molecule has 1 amide bonds. The Morgan fingerprint density at radius 1 is 0.938 bits per heavy atom.